The van der Waals surface area contributed by atoms with Crippen molar-refractivity contribution in [2.24, 2.45) is 4.99 Å². The maximum absolute atomic E-state index is 5.87. The Kier molecular flexibility index (Phi) is 11.3. The van der Waals surface area contributed by atoms with Crippen molar-refractivity contribution in [1.82, 2.24) is 25.0 Å². The third-order valence-electron chi connectivity index (χ3n) is 4.73. The molecule has 0 bridgehead atoms. The Bertz CT molecular complexity index is 930. The van der Waals surface area contributed by atoms with Crippen LogP contribution in [0.1, 0.15) is 17.6 Å². The van der Waals surface area contributed by atoms with Gasteiger partial charge in [0.2, 0.25) is 0 Å². The van der Waals surface area contributed by atoms with Crippen molar-refractivity contribution >= 4 is 41.3 Å². The molecule has 0 amide bonds. The van der Waals surface area contributed by atoms with Crippen LogP contribution in [0.25, 0.3) is 0 Å². The van der Waals surface area contributed by atoms with E-state index in [1.807, 2.05) is 37.4 Å². The van der Waals surface area contributed by atoms with Gasteiger partial charge in [0.15, 0.2) is 5.96 Å². The van der Waals surface area contributed by atoms with Gasteiger partial charge in [-0.15, -0.1) is 45.5 Å². The van der Waals surface area contributed by atoms with E-state index in [2.05, 4.69) is 43.4 Å². The number of likely N-dealkylation sites (N-methyl/N-ethyl adjacent to an activating group) is 1. The first kappa shape index (κ1) is 25.9. The van der Waals surface area contributed by atoms with E-state index in [4.69, 9.17) is 14.5 Å². The minimum atomic E-state index is 0. The van der Waals surface area contributed by atoms with Crippen molar-refractivity contribution in [2.75, 3.05) is 33.9 Å². The van der Waals surface area contributed by atoms with E-state index in [0.717, 1.165) is 42.8 Å². The molecule has 2 heterocycles. The van der Waals surface area contributed by atoms with E-state index in [1.165, 1.54) is 4.88 Å². The molecule has 0 aliphatic carbocycles. The van der Waals surface area contributed by atoms with Crippen molar-refractivity contribution in [3.8, 4) is 11.5 Å². The Morgan fingerprint density at radius 3 is 2.69 bits per heavy atom. The number of halogens is 1. The number of ether oxygens (including phenoxy) is 2. The van der Waals surface area contributed by atoms with Crippen molar-refractivity contribution < 1.29 is 9.47 Å². The highest BCUT2D eigenvalue weighted by Gasteiger charge is 2.08. The van der Waals surface area contributed by atoms with Gasteiger partial charge < -0.3 is 24.3 Å². The molecule has 1 N–H and O–H groups in total. The van der Waals surface area contributed by atoms with Gasteiger partial charge in [0.1, 0.15) is 30.3 Å². The monoisotopic (exact) mass is 570 g/mol. The molecule has 174 valence electrons. The number of hydrogen-bond donors (Lipinski definition) is 1. The molecule has 0 aliphatic heterocycles. The van der Waals surface area contributed by atoms with Crippen molar-refractivity contribution in [3.05, 3.63) is 58.8 Å². The molecule has 0 fully saturated rings. The molecule has 0 aliphatic rings. The third kappa shape index (κ3) is 7.97. The van der Waals surface area contributed by atoms with Crippen molar-refractivity contribution in [2.45, 2.75) is 26.4 Å². The summed E-state index contributed by atoms with van der Waals surface area (Å²) >= 11 is 1.71. The standard InChI is InChI=1S/C22H30N6O2S.HI/c1-4-21-26-25-17-28(21)12-11-23-22(24-16-20-6-5-15-31-20)27(2)13-14-30-19-9-7-18(29-3)8-10-19;/h5-10,15,17H,4,11-14,16H2,1-3H3,(H,23,24);1H. The van der Waals surface area contributed by atoms with E-state index in [1.54, 1.807) is 24.8 Å². The zero-order valence-electron chi connectivity index (χ0n) is 18.7. The van der Waals surface area contributed by atoms with E-state index in [0.29, 0.717) is 19.7 Å². The second kappa shape index (κ2) is 13.9. The largest absolute Gasteiger partial charge is 0.497 e. The van der Waals surface area contributed by atoms with Gasteiger partial charge in [0.05, 0.1) is 20.2 Å². The lowest BCUT2D eigenvalue weighted by atomic mass is 10.3. The summed E-state index contributed by atoms with van der Waals surface area (Å²) in [5.41, 5.74) is 0. The second-order valence-corrected chi connectivity index (χ2v) is 7.92. The van der Waals surface area contributed by atoms with Crippen LogP contribution in [0.5, 0.6) is 11.5 Å². The van der Waals surface area contributed by atoms with Crippen LogP contribution in [0.4, 0.5) is 0 Å². The number of aryl methyl sites for hydroxylation is 1. The highest BCUT2D eigenvalue weighted by atomic mass is 127. The van der Waals surface area contributed by atoms with Gasteiger partial charge in [-0.2, -0.15) is 0 Å². The fourth-order valence-corrected chi connectivity index (χ4v) is 3.60. The molecule has 2 aromatic heterocycles. The Morgan fingerprint density at radius 2 is 2.00 bits per heavy atom. The van der Waals surface area contributed by atoms with Crippen molar-refractivity contribution in [1.29, 1.82) is 0 Å². The zero-order valence-corrected chi connectivity index (χ0v) is 21.9. The molecule has 0 atom stereocenters. The lowest BCUT2D eigenvalue weighted by Crippen LogP contribution is -2.42. The second-order valence-electron chi connectivity index (χ2n) is 6.89. The first-order chi connectivity index (χ1) is 15.2. The van der Waals surface area contributed by atoms with E-state index in [-0.39, 0.29) is 24.0 Å². The van der Waals surface area contributed by atoms with E-state index in [9.17, 15) is 0 Å². The van der Waals surface area contributed by atoms with E-state index >= 15 is 0 Å². The van der Waals surface area contributed by atoms with Crippen LogP contribution in [0.3, 0.4) is 0 Å². The van der Waals surface area contributed by atoms with Crippen LogP contribution in [0.2, 0.25) is 0 Å². The fourth-order valence-electron chi connectivity index (χ4n) is 2.97. The van der Waals surface area contributed by atoms with Crippen LogP contribution in [0.15, 0.2) is 53.1 Å². The van der Waals surface area contributed by atoms with Gasteiger partial charge >= 0.3 is 0 Å². The Hall–Kier alpha value is -2.34. The quantitative estimate of drug-likeness (QED) is 0.215. The topological polar surface area (TPSA) is 76.8 Å². The van der Waals surface area contributed by atoms with Gasteiger partial charge in [-0.05, 0) is 35.7 Å². The van der Waals surface area contributed by atoms with Gasteiger partial charge in [-0.25, -0.2) is 4.99 Å². The molecule has 10 heteroatoms. The molecular weight excluding hydrogens is 539 g/mol. The lowest BCUT2D eigenvalue weighted by molar-refractivity contribution is 0.280. The highest BCUT2D eigenvalue weighted by molar-refractivity contribution is 14.0. The SMILES string of the molecule is CCc1nncn1CCNC(=NCc1cccs1)N(C)CCOc1ccc(OC)cc1.I. The number of aromatic nitrogens is 3. The Morgan fingerprint density at radius 1 is 1.22 bits per heavy atom. The predicted molar refractivity (Wildman–Crippen MR) is 139 cm³/mol. The van der Waals surface area contributed by atoms with Gasteiger partial charge in [-0.1, -0.05) is 13.0 Å². The number of rotatable bonds is 11. The average Bonchev–Trinajstić information content (AvgIpc) is 3.48. The van der Waals surface area contributed by atoms with Crippen LogP contribution in [-0.2, 0) is 19.5 Å². The fraction of sp³-hybridized carbons (Fsp3) is 0.409. The molecule has 0 radical (unpaired) electrons. The molecule has 8 nitrogen and oxygen atoms in total. The molecule has 0 saturated heterocycles. The minimum absolute atomic E-state index is 0. The summed E-state index contributed by atoms with van der Waals surface area (Å²) in [6.07, 6.45) is 2.64. The summed E-state index contributed by atoms with van der Waals surface area (Å²) < 4.78 is 13.1. The Balaban J connectivity index is 0.00000363. The number of thiophene rings is 1. The summed E-state index contributed by atoms with van der Waals surface area (Å²) in [6.45, 7) is 5.50. The smallest absolute Gasteiger partial charge is 0.194 e. The van der Waals surface area contributed by atoms with Gasteiger partial charge in [-0.3, -0.25) is 0 Å². The number of guanidine groups is 1. The highest BCUT2D eigenvalue weighted by Crippen LogP contribution is 2.16. The molecular formula is C22H31IN6O2S. The van der Waals surface area contributed by atoms with Crippen molar-refractivity contribution in [3.63, 3.8) is 0 Å². The molecule has 1 aromatic carbocycles. The summed E-state index contributed by atoms with van der Waals surface area (Å²) in [6, 6.07) is 11.8. The first-order valence-corrected chi connectivity index (χ1v) is 11.2. The number of methoxy groups -OCH3 is 1. The maximum Gasteiger partial charge on any atom is 0.194 e. The van der Waals surface area contributed by atoms with Gasteiger partial charge in [0.25, 0.3) is 0 Å². The van der Waals surface area contributed by atoms with Crippen LogP contribution < -0.4 is 14.8 Å². The summed E-state index contributed by atoms with van der Waals surface area (Å²) in [4.78, 5) is 8.12. The zero-order chi connectivity index (χ0) is 21.9. The third-order valence-corrected chi connectivity index (χ3v) is 5.59. The van der Waals surface area contributed by atoms with Crippen LogP contribution in [0, 0.1) is 0 Å². The van der Waals surface area contributed by atoms with Crippen LogP contribution >= 0.6 is 35.3 Å². The lowest BCUT2D eigenvalue weighted by Gasteiger charge is -2.23. The molecule has 0 saturated carbocycles. The first-order valence-electron chi connectivity index (χ1n) is 10.3. The Labute approximate surface area is 210 Å². The molecule has 0 spiro atoms. The number of aliphatic imine (C=N–C) groups is 1. The molecule has 0 unspecified atom stereocenters. The van der Waals surface area contributed by atoms with Gasteiger partial charge in [0, 0.05) is 31.4 Å². The van der Waals surface area contributed by atoms with E-state index < -0.39 is 0 Å². The minimum Gasteiger partial charge on any atom is -0.497 e. The maximum atomic E-state index is 5.87. The molecule has 32 heavy (non-hydrogen) atoms. The summed E-state index contributed by atoms with van der Waals surface area (Å²) in [5, 5.41) is 13.7. The summed E-state index contributed by atoms with van der Waals surface area (Å²) in [7, 11) is 3.68. The molecule has 3 rings (SSSR count). The van der Waals surface area contributed by atoms with Crippen LogP contribution in [-0.4, -0.2) is 59.5 Å². The predicted octanol–water partition coefficient (Wildman–Crippen LogP) is 3.69. The average molecular weight is 571 g/mol. The number of hydrogen-bond acceptors (Lipinski definition) is 6. The number of benzene rings is 1. The number of nitrogens with one attached hydrogen (secondary N) is 1. The summed E-state index contributed by atoms with van der Waals surface area (Å²) in [5.74, 6) is 3.47. The number of nitrogens with zero attached hydrogens (tertiary/aromatic N) is 5. The molecule has 3 aromatic rings. The normalized spacial score (nSPS) is 11.0.